The Labute approximate surface area is 96.2 Å². The molecule has 1 aliphatic rings. The van der Waals surface area contributed by atoms with E-state index in [1.54, 1.807) is 0 Å². The molecule has 1 fully saturated rings. The number of hydrogen-bond acceptors (Lipinski definition) is 6. The summed E-state index contributed by atoms with van der Waals surface area (Å²) in [6, 6.07) is -0.692. The van der Waals surface area contributed by atoms with Crippen molar-refractivity contribution in [3.63, 3.8) is 0 Å². The van der Waals surface area contributed by atoms with Gasteiger partial charge in [0.1, 0.15) is 12.6 Å². The maximum absolute atomic E-state index is 11.7. The molecule has 0 spiro atoms. The summed E-state index contributed by atoms with van der Waals surface area (Å²) >= 11 is 0. The molecule has 1 atom stereocenters. The van der Waals surface area contributed by atoms with Gasteiger partial charge in [-0.25, -0.2) is 5.48 Å². The lowest BCUT2D eigenvalue weighted by molar-refractivity contribution is -0.125. The van der Waals surface area contributed by atoms with Crippen LogP contribution in [0.5, 0.6) is 0 Å². The molecule has 92 valence electrons. The highest BCUT2D eigenvalue weighted by atomic mass is 16.7. The Hall–Kier alpha value is -2.00. The van der Waals surface area contributed by atoms with E-state index in [1.165, 1.54) is 10.9 Å². The molecule has 2 rings (SSSR count). The second kappa shape index (κ2) is 4.89. The third kappa shape index (κ3) is 2.57. The van der Waals surface area contributed by atoms with E-state index in [9.17, 15) is 9.59 Å². The fraction of sp³-hybridized carbons (Fsp3) is 0.500. The van der Waals surface area contributed by atoms with E-state index >= 15 is 0 Å². The van der Waals surface area contributed by atoms with E-state index in [0.29, 0.717) is 13.1 Å². The van der Waals surface area contributed by atoms with Gasteiger partial charge in [0.2, 0.25) is 0 Å². The van der Waals surface area contributed by atoms with Crippen LogP contribution in [-0.2, 0) is 16.2 Å². The van der Waals surface area contributed by atoms with Gasteiger partial charge in [-0.05, 0) is 0 Å². The lowest BCUT2D eigenvalue weighted by Gasteiger charge is -2.05. The predicted octanol–water partition coefficient (Wildman–Crippen LogP) is -2.60. The number of nitrogens with two attached hydrogens (primary N) is 1. The fourth-order valence-electron chi connectivity index (χ4n) is 1.33. The van der Waals surface area contributed by atoms with Crippen molar-refractivity contribution in [3.8, 4) is 0 Å². The maximum Gasteiger partial charge on any atom is 0.274 e. The van der Waals surface area contributed by atoms with Crippen molar-refractivity contribution in [1.29, 1.82) is 0 Å². The van der Waals surface area contributed by atoms with Gasteiger partial charge in [-0.1, -0.05) is 5.21 Å². The molecular formula is C8H12N6O3. The Morgan fingerprint density at radius 1 is 1.76 bits per heavy atom. The number of rotatable bonds is 4. The Bertz CT molecular complexity index is 431. The monoisotopic (exact) mass is 240 g/mol. The van der Waals surface area contributed by atoms with E-state index in [2.05, 4.69) is 25.9 Å². The molecule has 0 radical (unpaired) electrons. The summed E-state index contributed by atoms with van der Waals surface area (Å²) in [5, 5.41) is 9.87. The van der Waals surface area contributed by atoms with Gasteiger partial charge in [0.25, 0.3) is 11.8 Å². The number of aromatic nitrogens is 3. The van der Waals surface area contributed by atoms with Crippen LogP contribution in [0.1, 0.15) is 10.5 Å². The van der Waals surface area contributed by atoms with Crippen LogP contribution in [-0.4, -0.2) is 46.0 Å². The highest BCUT2D eigenvalue weighted by Crippen LogP contribution is 1.98. The van der Waals surface area contributed by atoms with Crippen LogP contribution in [0.2, 0.25) is 0 Å². The first-order chi connectivity index (χ1) is 8.20. The van der Waals surface area contributed by atoms with Gasteiger partial charge in [-0.15, -0.1) is 5.10 Å². The number of hydroxylamine groups is 1. The molecule has 1 aromatic heterocycles. The third-order valence-electron chi connectivity index (χ3n) is 2.17. The van der Waals surface area contributed by atoms with Crippen molar-refractivity contribution in [1.82, 2.24) is 25.8 Å². The molecule has 2 heterocycles. The largest absolute Gasteiger partial charge is 0.337 e. The van der Waals surface area contributed by atoms with E-state index in [0.717, 1.165) is 0 Å². The number of hydrogen-bond donors (Lipinski definition) is 3. The Kier molecular flexibility index (Phi) is 3.30. The van der Waals surface area contributed by atoms with Gasteiger partial charge < -0.3 is 11.1 Å². The third-order valence-corrected chi connectivity index (χ3v) is 2.17. The quantitative estimate of drug-likeness (QED) is 0.530. The van der Waals surface area contributed by atoms with E-state index in [4.69, 9.17) is 5.73 Å². The molecule has 0 bridgehead atoms. The zero-order chi connectivity index (χ0) is 12.3. The number of nitrogens with zero attached hydrogens (tertiary/aromatic N) is 3. The van der Waals surface area contributed by atoms with Crippen molar-refractivity contribution < 1.29 is 14.4 Å². The molecule has 1 aliphatic heterocycles. The number of carbonyl (C=O) groups excluding carboxylic acids is 2. The summed E-state index contributed by atoms with van der Waals surface area (Å²) < 4.78 is 1.46. The van der Waals surface area contributed by atoms with Crippen molar-refractivity contribution in [2.45, 2.75) is 12.6 Å². The Morgan fingerprint density at radius 2 is 2.59 bits per heavy atom. The average Bonchev–Trinajstić information content (AvgIpc) is 2.90. The van der Waals surface area contributed by atoms with Gasteiger partial charge in [-0.2, -0.15) is 0 Å². The molecule has 4 N–H and O–H groups in total. The van der Waals surface area contributed by atoms with E-state index in [1.807, 2.05) is 0 Å². The second-order valence-electron chi connectivity index (χ2n) is 3.46. The molecule has 1 saturated heterocycles. The van der Waals surface area contributed by atoms with Crippen molar-refractivity contribution >= 4 is 11.8 Å². The molecule has 0 aromatic carbocycles. The molecule has 0 aliphatic carbocycles. The van der Waals surface area contributed by atoms with Crippen LogP contribution in [0.3, 0.4) is 0 Å². The van der Waals surface area contributed by atoms with Crippen LogP contribution in [0.15, 0.2) is 6.20 Å². The molecule has 2 amide bonds. The zero-order valence-corrected chi connectivity index (χ0v) is 8.92. The number of amides is 2. The lowest BCUT2D eigenvalue weighted by atomic mass is 10.3. The van der Waals surface area contributed by atoms with Gasteiger partial charge in [0.15, 0.2) is 5.69 Å². The first-order valence-electron chi connectivity index (χ1n) is 5.03. The molecule has 17 heavy (non-hydrogen) atoms. The number of nitrogens with one attached hydrogen (secondary N) is 2. The summed E-state index contributed by atoms with van der Waals surface area (Å²) in [4.78, 5) is 27.5. The Balaban J connectivity index is 1.96. The van der Waals surface area contributed by atoms with Crippen molar-refractivity contribution in [2.75, 3.05) is 13.2 Å². The van der Waals surface area contributed by atoms with Gasteiger partial charge >= 0.3 is 0 Å². The second-order valence-corrected chi connectivity index (χ2v) is 3.46. The molecular weight excluding hydrogens is 228 g/mol. The average molecular weight is 240 g/mol. The summed E-state index contributed by atoms with van der Waals surface area (Å²) in [7, 11) is 0. The maximum atomic E-state index is 11.7. The number of carbonyl (C=O) groups is 2. The smallest absolute Gasteiger partial charge is 0.274 e. The minimum absolute atomic E-state index is 0.0987. The standard InChI is InChI=1S/C8H12N6O3/c9-1-2-14-3-5(11-13-14)7(15)10-6-4-17-12-8(6)16/h3,6H,1-2,4,9H2,(H,10,15)(H,12,16)/t6-/m1/s1. The minimum Gasteiger partial charge on any atom is -0.337 e. The van der Waals surface area contributed by atoms with Crippen LogP contribution in [0.4, 0.5) is 0 Å². The van der Waals surface area contributed by atoms with Crippen molar-refractivity contribution in [3.05, 3.63) is 11.9 Å². The van der Waals surface area contributed by atoms with Crippen LogP contribution in [0.25, 0.3) is 0 Å². The van der Waals surface area contributed by atoms with Gasteiger partial charge in [0, 0.05) is 6.54 Å². The van der Waals surface area contributed by atoms with Crippen LogP contribution >= 0.6 is 0 Å². The summed E-state index contributed by atoms with van der Waals surface area (Å²) in [5.41, 5.74) is 7.62. The van der Waals surface area contributed by atoms with Gasteiger partial charge in [-0.3, -0.25) is 19.1 Å². The Morgan fingerprint density at radius 3 is 3.24 bits per heavy atom. The SMILES string of the molecule is NCCn1cc(C(=O)N[C@@H]2CONC2=O)nn1. The van der Waals surface area contributed by atoms with Crippen LogP contribution in [0, 0.1) is 0 Å². The molecule has 0 unspecified atom stereocenters. The molecule has 9 nitrogen and oxygen atoms in total. The topological polar surface area (TPSA) is 124 Å². The van der Waals surface area contributed by atoms with Gasteiger partial charge in [0.05, 0.1) is 12.7 Å². The summed E-state index contributed by atoms with van der Waals surface area (Å²) in [5.74, 6) is -0.855. The summed E-state index contributed by atoms with van der Waals surface area (Å²) in [6.07, 6.45) is 1.47. The molecule has 9 heteroatoms. The molecule has 0 saturated carbocycles. The first kappa shape index (κ1) is 11.5. The lowest BCUT2D eigenvalue weighted by Crippen LogP contribution is -2.41. The highest BCUT2D eigenvalue weighted by molar-refractivity contribution is 5.96. The highest BCUT2D eigenvalue weighted by Gasteiger charge is 2.28. The normalized spacial score (nSPS) is 19.1. The van der Waals surface area contributed by atoms with Crippen molar-refractivity contribution in [2.24, 2.45) is 5.73 Å². The zero-order valence-electron chi connectivity index (χ0n) is 8.92. The van der Waals surface area contributed by atoms with E-state index in [-0.39, 0.29) is 18.2 Å². The predicted molar refractivity (Wildman–Crippen MR) is 54.4 cm³/mol. The summed E-state index contributed by atoms with van der Waals surface area (Å²) in [6.45, 7) is 0.984. The van der Waals surface area contributed by atoms with E-state index < -0.39 is 11.9 Å². The molecule has 1 aromatic rings. The van der Waals surface area contributed by atoms with Crippen LogP contribution < -0.4 is 16.5 Å². The first-order valence-corrected chi connectivity index (χ1v) is 5.03. The fourth-order valence-corrected chi connectivity index (χ4v) is 1.33. The minimum atomic E-state index is -0.692.